The first kappa shape index (κ1) is 27.8. The van der Waals surface area contributed by atoms with Crippen LogP contribution in [0.4, 0.5) is 0 Å². The second-order valence-corrected chi connectivity index (χ2v) is 12.0. The van der Waals surface area contributed by atoms with Gasteiger partial charge in [0.15, 0.2) is 11.6 Å². The molecule has 2 aromatic heterocycles. The molecule has 0 atom stereocenters. The number of hydrogen-bond acceptors (Lipinski definition) is 2. The molecule has 48 heavy (non-hydrogen) atoms. The topological polar surface area (TPSA) is 35.6 Å². The number of hydrogen-bond donors (Lipinski definition) is 0. The van der Waals surface area contributed by atoms with Crippen LogP contribution in [-0.2, 0) is 0 Å². The van der Waals surface area contributed by atoms with Crippen molar-refractivity contribution in [3.63, 3.8) is 0 Å². The van der Waals surface area contributed by atoms with E-state index in [1.807, 2.05) is 53.2 Å². The Labute approximate surface area is 278 Å². The van der Waals surface area contributed by atoms with Crippen LogP contribution in [0.25, 0.3) is 78.2 Å². The molecule has 0 saturated carbocycles. The largest absolute Gasteiger partial charge is 0.309 e. The lowest BCUT2D eigenvalue weighted by molar-refractivity contribution is 0.889. The highest BCUT2D eigenvalue weighted by molar-refractivity contribution is 6.10. The number of rotatable bonds is 6. The molecule has 0 fully saturated rings. The third kappa shape index (κ3) is 4.88. The monoisotopic (exact) mass is 614 g/mol. The first-order chi connectivity index (χ1) is 23.8. The molecule has 9 aromatic rings. The zero-order valence-electron chi connectivity index (χ0n) is 26.1. The summed E-state index contributed by atoms with van der Waals surface area (Å²) < 4.78 is 4.30. The molecule has 0 aliphatic carbocycles. The number of fused-ring (bicyclic) bond motifs is 3. The zero-order chi connectivity index (χ0) is 31.9. The molecule has 0 amide bonds. The van der Waals surface area contributed by atoms with Gasteiger partial charge in [-0.25, -0.2) is 9.67 Å². The fourth-order valence-corrected chi connectivity index (χ4v) is 6.66. The van der Waals surface area contributed by atoms with Crippen LogP contribution in [0, 0.1) is 0 Å². The van der Waals surface area contributed by atoms with E-state index in [9.17, 15) is 0 Å². The van der Waals surface area contributed by atoms with Gasteiger partial charge in [0.05, 0.1) is 16.7 Å². The summed E-state index contributed by atoms with van der Waals surface area (Å²) in [5.41, 5.74) is 11.2. The lowest BCUT2D eigenvalue weighted by Crippen LogP contribution is -2.01. The average Bonchev–Trinajstić information content (AvgIpc) is 3.76. The Morgan fingerprint density at radius 2 is 0.896 bits per heavy atom. The van der Waals surface area contributed by atoms with Crippen molar-refractivity contribution in [3.8, 4) is 56.4 Å². The van der Waals surface area contributed by atoms with Gasteiger partial charge in [0.2, 0.25) is 0 Å². The lowest BCUT2D eigenvalue weighted by atomic mass is 9.98. The second kappa shape index (κ2) is 11.7. The molecule has 0 radical (unpaired) electrons. The summed E-state index contributed by atoms with van der Waals surface area (Å²) in [7, 11) is 0. The summed E-state index contributed by atoms with van der Waals surface area (Å²) in [5.74, 6) is 1.51. The Morgan fingerprint density at radius 3 is 1.62 bits per heavy atom. The molecule has 0 unspecified atom stereocenters. The Hall–Kier alpha value is -6.52. The van der Waals surface area contributed by atoms with Crippen molar-refractivity contribution in [1.82, 2.24) is 19.3 Å². The first-order valence-corrected chi connectivity index (χ1v) is 16.2. The number of para-hydroxylation sites is 1. The van der Waals surface area contributed by atoms with Crippen LogP contribution in [0.5, 0.6) is 0 Å². The molecule has 0 aliphatic rings. The van der Waals surface area contributed by atoms with Crippen LogP contribution in [-0.4, -0.2) is 19.3 Å². The highest BCUT2D eigenvalue weighted by Gasteiger charge is 2.17. The quantitative estimate of drug-likeness (QED) is 0.187. The van der Waals surface area contributed by atoms with E-state index in [4.69, 9.17) is 10.1 Å². The molecule has 0 N–H and O–H groups in total. The van der Waals surface area contributed by atoms with E-state index in [0.717, 1.165) is 28.3 Å². The Morgan fingerprint density at radius 1 is 0.354 bits per heavy atom. The predicted molar refractivity (Wildman–Crippen MR) is 197 cm³/mol. The van der Waals surface area contributed by atoms with E-state index in [-0.39, 0.29) is 0 Å². The first-order valence-electron chi connectivity index (χ1n) is 16.2. The SMILES string of the molecule is c1ccc(-c2cccc(-c3ccc4c(c3)c3ccccc3n4-c3ccc(-n4nc(-c5ccccc5)nc4-c4ccccc4)cc3)c2)cc1. The second-order valence-electron chi connectivity index (χ2n) is 12.0. The van der Waals surface area contributed by atoms with Crippen LogP contribution in [0.3, 0.4) is 0 Å². The normalized spacial score (nSPS) is 11.3. The maximum absolute atomic E-state index is 4.98. The van der Waals surface area contributed by atoms with Crippen molar-refractivity contribution in [2.75, 3.05) is 0 Å². The van der Waals surface area contributed by atoms with Crippen molar-refractivity contribution in [2.24, 2.45) is 0 Å². The standard InChI is InChI=1S/C44H30N4/c1-4-13-31(14-5-1)34-19-12-20-35(29-34)36-23-28-42-40(30-36)39-21-10-11-22-41(39)47(42)37-24-26-38(27-25-37)48-44(33-17-8-3-9-18-33)45-43(46-48)32-15-6-2-7-16-32/h1-30H. The van der Waals surface area contributed by atoms with E-state index in [0.29, 0.717) is 5.82 Å². The van der Waals surface area contributed by atoms with E-state index >= 15 is 0 Å². The smallest absolute Gasteiger partial charge is 0.182 e. The lowest BCUT2D eigenvalue weighted by Gasteiger charge is -2.11. The molecule has 0 saturated heterocycles. The number of benzene rings is 7. The molecule has 0 aliphatic heterocycles. The molecule has 9 rings (SSSR count). The highest BCUT2D eigenvalue weighted by atomic mass is 15.4. The summed E-state index contributed by atoms with van der Waals surface area (Å²) in [6.07, 6.45) is 0. The van der Waals surface area contributed by atoms with Crippen molar-refractivity contribution in [1.29, 1.82) is 0 Å². The third-order valence-corrected chi connectivity index (χ3v) is 9.00. The molecule has 226 valence electrons. The van der Waals surface area contributed by atoms with Gasteiger partial charge in [-0.15, -0.1) is 5.10 Å². The molecule has 7 aromatic carbocycles. The zero-order valence-corrected chi connectivity index (χ0v) is 26.1. The Kier molecular flexibility index (Phi) is 6.76. The van der Waals surface area contributed by atoms with E-state index in [2.05, 4.69) is 138 Å². The van der Waals surface area contributed by atoms with Gasteiger partial charge in [-0.3, -0.25) is 0 Å². The molecule has 2 heterocycles. The maximum atomic E-state index is 4.98. The van der Waals surface area contributed by atoms with E-state index < -0.39 is 0 Å². The minimum absolute atomic E-state index is 0.700. The minimum atomic E-state index is 0.700. The molecule has 0 bridgehead atoms. The maximum Gasteiger partial charge on any atom is 0.182 e. The highest BCUT2D eigenvalue weighted by Crippen LogP contribution is 2.36. The van der Waals surface area contributed by atoms with Gasteiger partial charge in [-0.1, -0.05) is 133 Å². The van der Waals surface area contributed by atoms with Gasteiger partial charge < -0.3 is 4.57 Å². The molecular weight excluding hydrogens is 585 g/mol. The molecule has 4 heteroatoms. The van der Waals surface area contributed by atoms with Crippen LogP contribution >= 0.6 is 0 Å². The molecule has 4 nitrogen and oxygen atoms in total. The molecule has 0 spiro atoms. The van der Waals surface area contributed by atoms with Gasteiger partial charge in [0.25, 0.3) is 0 Å². The van der Waals surface area contributed by atoms with Crippen LogP contribution in [0.2, 0.25) is 0 Å². The van der Waals surface area contributed by atoms with Gasteiger partial charge >= 0.3 is 0 Å². The van der Waals surface area contributed by atoms with Crippen molar-refractivity contribution in [2.45, 2.75) is 0 Å². The third-order valence-electron chi connectivity index (χ3n) is 9.00. The molecular formula is C44H30N4. The number of aromatic nitrogens is 4. The minimum Gasteiger partial charge on any atom is -0.309 e. The van der Waals surface area contributed by atoms with Gasteiger partial charge in [-0.05, 0) is 70.8 Å². The van der Waals surface area contributed by atoms with Crippen molar-refractivity contribution in [3.05, 3.63) is 182 Å². The number of nitrogens with zero attached hydrogens (tertiary/aromatic N) is 4. The summed E-state index contributed by atoms with van der Waals surface area (Å²) in [4.78, 5) is 4.98. The van der Waals surface area contributed by atoms with Crippen LogP contribution < -0.4 is 0 Å². The van der Waals surface area contributed by atoms with Crippen molar-refractivity contribution < 1.29 is 0 Å². The van der Waals surface area contributed by atoms with Crippen molar-refractivity contribution >= 4 is 21.8 Å². The van der Waals surface area contributed by atoms with Gasteiger partial charge in [0, 0.05) is 27.6 Å². The predicted octanol–water partition coefficient (Wildman–Crippen LogP) is 11.0. The van der Waals surface area contributed by atoms with E-state index in [1.165, 1.54) is 44.1 Å². The fourth-order valence-electron chi connectivity index (χ4n) is 6.66. The summed E-state index contributed by atoms with van der Waals surface area (Å²) in [5, 5.41) is 7.44. The Bertz CT molecular complexity index is 2530. The summed E-state index contributed by atoms with van der Waals surface area (Å²) in [6, 6.07) is 63.9. The fraction of sp³-hybridized carbons (Fsp3) is 0. The Balaban J connectivity index is 1.14. The van der Waals surface area contributed by atoms with Crippen LogP contribution in [0.1, 0.15) is 0 Å². The summed E-state index contributed by atoms with van der Waals surface area (Å²) >= 11 is 0. The summed E-state index contributed by atoms with van der Waals surface area (Å²) in [6.45, 7) is 0. The van der Waals surface area contributed by atoms with Gasteiger partial charge in [0.1, 0.15) is 0 Å². The van der Waals surface area contributed by atoms with E-state index in [1.54, 1.807) is 0 Å². The average molecular weight is 615 g/mol. The van der Waals surface area contributed by atoms with Gasteiger partial charge in [-0.2, -0.15) is 0 Å². The van der Waals surface area contributed by atoms with Crippen LogP contribution in [0.15, 0.2) is 182 Å².